The lowest BCUT2D eigenvalue weighted by Gasteiger charge is -2.45. The van der Waals surface area contributed by atoms with Gasteiger partial charge in [-0.25, -0.2) is 0 Å². The summed E-state index contributed by atoms with van der Waals surface area (Å²) in [7, 11) is 0. The van der Waals surface area contributed by atoms with E-state index in [0.29, 0.717) is 0 Å². The topological polar surface area (TPSA) is 29.3 Å². The highest BCUT2D eigenvalue weighted by molar-refractivity contribution is 7.99. The Labute approximate surface area is 108 Å². The van der Waals surface area contributed by atoms with Crippen LogP contribution in [-0.2, 0) is 6.42 Å². The molecule has 2 nitrogen and oxygen atoms in total. The zero-order chi connectivity index (χ0) is 11.7. The first-order valence-electron chi connectivity index (χ1n) is 6.49. The molecule has 0 radical (unpaired) electrons. The molecule has 0 aliphatic carbocycles. The summed E-state index contributed by atoms with van der Waals surface area (Å²) in [6.07, 6.45) is 3.73. The minimum atomic E-state index is 0.223. The minimum absolute atomic E-state index is 0.223. The van der Waals surface area contributed by atoms with Crippen molar-refractivity contribution in [2.75, 3.05) is 29.5 Å². The maximum atomic E-state index is 6.10. The lowest BCUT2D eigenvalue weighted by molar-refractivity contribution is 0.426. The molecule has 0 amide bonds. The van der Waals surface area contributed by atoms with Crippen LogP contribution in [0.5, 0.6) is 0 Å². The quantitative estimate of drug-likeness (QED) is 0.870. The molecule has 1 fully saturated rings. The first-order valence-corrected chi connectivity index (χ1v) is 7.65. The summed E-state index contributed by atoms with van der Waals surface area (Å²) in [5.74, 6) is 2.45. The lowest BCUT2D eigenvalue weighted by Crippen LogP contribution is -2.56. The molecule has 3 rings (SSSR count). The largest absolute Gasteiger partial charge is 0.363 e. The van der Waals surface area contributed by atoms with E-state index in [0.717, 1.165) is 6.54 Å². The average Bonchev–Trinajstić information content (AvgIpc) is 2.88. The molecule has 2 aliphatic heterocycles. The van der Waals surface area contributed by atoms with E-state index in [2.05, 4.69) is 40.9 Å². The molecular weight excluding hydrogens is 228 g/mol. The second kappa shape index (κ2) is 4.54. The van der Waals surface area contributed by atoms with Crippen LogP contribution in [-0.4, -0.2) is 30.1 Å². The summed E-state index contributed by atoms with van der Waals surface area (Å²) in [6.45, 7) is 1.96. The van der Waals surface area contributed by atoms with Gasteiger partial charge in [-0.15, -0.1) is 0 Å². The normalized spacial score (nSPS) is 28.2. The molecule has 17 heavy (non-hydrogen) atoms. The van der Waals surface area contributed by atoms with Crippen molar-refractivity contribution in [2.45, 2.75) is 24.8 Å². The van der Waals surface area contributed by atoms with E-state index in [1.807, 2.05) is 0 Å². The van der Waals surface area contributed by atoms with Gasteiger partial charge in [-0.2, -0.15) is 11.8 Å². The third kappa shape index (κ3) is 1.85. The van der Waals surface area contributed by atoms with Crippen LogP contribution in [0.25, 0.3) is 0 Å². The summed E-state index contributed by atoms with van der Waals surface area (Å²) in [4.78, 5) is 2.60. The number of fused-ring (bicyclic) bond motifs is 1. The molecular formula is C14H20N2S. The van der Waals surface area contributed by atoms with Crippen LogP contribution in [0.2, 0.25) is 0 Å². The highest BCUT2D eigenvalue weighted by atomic mass is 32.2. The Bertz CT molecular complexity index is 399. The van der Waals surface area contributed by atoms with E-state index in [-0.39, 0.29) is 5.54 Å². The summed E-state index contributed by atoms with van der Waals surface area (Å²) in [6, 6.07) is 8.85. The second-order valence-corrected chi connectivity index (χ2v) is 6.22. The van der Waals surface area contributed by atoms with Crippen LogP contribution < -0.4 is 10.6 Å². The molecule has 1 unspecified atom stereocenters. The van der Waals surface area contributed by atoms with Crippen molar-refractivity contribution in [3.05, 3.63) is 29.8 Å². The summed E-state index contributed by atoms with van der Waals surface area (Å²) in [5, 5.41) is 0. The number of nitrogens with two attached hydrogens (primary N) is 1. The maximum absolute atomic E-state index is 6.10. The number of hydrogen-bond acceptors (Lipinski definition) is 3. The monoisotopic (exact) mass is 248 g/mol. The summed E-state index contributed by atoms with van der Waals surface area (Å²) in [5.41, 5.74) is 9.27. The molecule has 2 heterocycles. The van der Waals surface area contributed by atoms with Crippen molar-refractivity contribution in [1.29, 1.82) is 0 Å². The van der Waals surface area contributed by atoms with Gasteiger partial charge in [0.15, 0.2) is 0 Å². The number of para-hydroxylation sites is 1. The van der Waals surface area contributed by atoms with Crippen molar-refractivity contribution in [3.63, 3.8) is 0 Å². The van der Waals surface area contributed by atoms with Crippen molar-refractivity contribution in [3.8, 4) is 0 Å². The van der Waals surface area contributed by atoms with Crippen LogP contribution in [0.1, 0.15) is 18.4 Å². The van der Waals surface area contributed by atoms with Gasteiger partial charge in [0.05, 0.1) is 5.54 Å². The minimum Gasteiger partial charge on any atom is -0.363 e. The fourth-order valence-electron chi connectivity index (χ4n) is 3.11. The van der Waals surface area contributed by atoms with Gasteiger partial charge >= 0.3 is 0 Å². The molecule has 0 saturated carbocycles. The highest BCUT2D eigenvalue weighted by Crippen LogP contribution is 2.39. The number of hydrogen-bond donors (Lipinski definition) is 1. The van der Waals surface area contributed by atoms with Gasteiger partial charge < -0.3 is 10.6 Å². The van der Waals surface area contributed by atoms with Crippen molar-refractivity contribution < 1.29 is 0 Å². The average molecular weight is 248 g/mol. The molecule has 92 valence electrons. The number of aryl methyl sites for hydroxylation is 1. The molecule has 3 heteroatoms. The fraction of sp³-hybridized carbons (Fsp3) is 0.571. The van der Waals surface area contributed by atoms with Gasteiger partial charge in [-0.1, -0.05) is 18.2 Å². The van der Waals surface area contributed by atoms with Crippen molar-refractivity contribution >= 4 is 17.4 Å². The Morgan fingerprint density at radius 2 is 2.24 bits per heavy atom. The van der Waals surface area contributed by atoms with Gasteiger partial charge in [-0.3, -0.25) is 0 Å². The van der Waals surface area contributed by atoms with Crippen LogP contribution >= 0.6 is 11.8 Å². The van der Waals surface area contributed by atoms with Gasteiger partial charge in [-0.05, 0) is 36.6 Å². The van der Waals surface area contributed by atoms with Crippen LogP contribution in [0.15, 0.2) is 24.3 Å². The Morgan fingerprint density at radius 1 is 1.35 bits per heavy atom. The molecule has 1 aromatic carbocycles. The summed E-state index contributed by atoms with van der Waals surface area (Å²) < 4.78 is 0. The van der Waals surface area contributed by atoms with Gasteiger partial charge in [0, 0.05) is 24.5 Å². The zero-order valence-corrected chi connectivity index (χ0v) is 11.0. The Hall–Kier alpha value is -0.670. The number of thioether (sulfide) groups is 1. The Morgan fingerprint density at radius 3 is 3.00 bits per heavy atom. The third-order valence-electron chi connectivity index (χ3n) is 4.15. The molecule has 1 atom stereocenters. The second-order valence-electron chi connectivity index (χ2n) is 5.11. The Balaban J connectivity index is 1.99. The van der Waals surface area contributed by atoms with Crippen molar-refractivity contribution in [1.82, 2.24) is 0 Å². The van der Waals surface area contributed by atoms with Crippen LogP contribution in [0, 0.1) is 0 Å². The Kier molecular flexibility index (Phi) is 3.05. The SMILES string of the molecule is NCC1(N2CCCc3ccccc32)CCSC1. The lowest BCUT2D eigenvalue weighted by atomic mass is 9.91. The molecule has 0 bridgehead atoms. The van der Waals surface area contributed by atoms with Gasteiger partial charge in [0.1, 0.15) is 0 Å². The zero-order valence-electron chi connectivity index (χ0n) is 10.2. The van der Waals surface area contributed by atoms with Crippen LogP contribution in [0.4, 0.5) is 5.69 Å². The molecule has 0 spiro atoms. The van der Waals surface area contributed by atoms with E-state index in [9.17, 15) is 0 Å². The highest BCUT2D eigenvalue weighted by Gasteiger charge is 2.40. The predicted octanol–water partition coefficient (Wildman–Crippen LogP) is 2.27. The number of rotatable bonds is 2. The van der Waals surface area contributed by atoms with E-state index in [1.165, 1.54) is 48.6 Å². The van der Waals surface area contributed by atoms with E-state index in [4.69, 9.17) is 5.73 Å². The molecule has 1 saturated heterocycles. The van der Waals surface area contributed by atoms with E-state index >= 15 is 0 Å². The standard InChI is InChI=1S/C14H20N2S/c15-10-14(7-9-17-11-14)16-8-3-5-12-4-1-2-6-13(12)16/h1-2,4,6H,3,5,7-11,15H2. The predicted molar refractivity (Wildman–Crippen MR) is 75.8 cm³/mol. The number of anilines is 1. The molecule has 1 aromatic rings. The number of nitrogens with zero attached hydrogens (tertiary/aromatic N) is 1. The number of benzene rings is 1. The fourth-order valence-corrected chi connectivity index (χ4v) is 4.57. The van der Waals surface area contributed by atoms with Gasteiger partial charge in [0.25, 0.3) is 0 Å². The van der Waals surface area contributed by atoms with Crippen LogP contribution in [0.3, 0.4) is 0 Å². The third-order valence-corrected chi connectivity index (χ3v) is 5.38. The van der Waals surface area contributed by atoms with Crippen molar-refractivity contribution in [2.24, 2.45) is 5.73 Å². The smallest absolute Gasteiger partial charge is 0.0622 e. The molecule has 2 N–H and O–H groups in total. The first-order chi connectivity index (χ1) is 8.36. The first kappa shape index (κ1) is 11.4. The molecule has 0 aromatic heterocycles. The summed E-state index contributed by atoms with van der Waals surface area (Å²) >= 11 is 2.05. The van der Waals surface area contributed by atoms with E-state index in [1.54, 1.807) is 0 Å². The maximum Gasteiger partial charge on any atom is 0.0622 e. The van der Waals surface area contributed by atoms with E-state index < -0.39 is 0 Å². The van der Waals surface area contributed by atoms with Gasteiger partial charge in [0.2, 0.25) is 0 Å². The molecule has 2 aliphatic rings.